The van der Waals surface area contributed by atoms with E-state index in [1.807, 2.05) is 91.0 Å². The number of nitrogens with two attached hydrogens (primary N) is 1. The molecule has 162 valence electrons. The van der Waals surface area contributed by atoms with Crippen LogP contribution in [0.3, 0.4) is 0 Å². The quantitative estimate of drug-likeness (QED) is 0.291. The van der Waals surface area contributed by atoms with Crippen LogP contribution < -0.4 is 11.1 Å². The predicted molar refractivity (Wildman–Crippen MR) is 128 cm³/mol. The summed E-state index contributed by atoms with van der Waals surface area (Å²) < 4.78 is 0. The van der Waals surface area contributed by atoms with E-state index in [4.69, 9.17) is 12.2 Å². The first-order valence-electron chi connectivity index (χ1n) is 10.8. The first-order chi connectivity index (χ1) is 15.6. The minimum absolute atomic E-state index is 0.129. The number of primary amides is 1. The number of terminal acetylenes is 1. The summed E-state index contributed by atoms with van der Waals surface area (Å²) in [5.74, 6) is 1.75. The van der Waals surface area contributed by atoms with Gasteiger partial charge in [0.05, 0.1) is 5.41 Å². The molecule has 1 atom stereocenters. The standard InChI is InChI=1S/C28H28N2O2/c1-2-3-7-20-25(27(29)32)30-26(31)21-28(22-14-8-4-9-15-22,23-16-10-5-11-17-23)24-18-12-6-13-19-24/h1,4-6,8-19,25H,3,7,20-21H2,(H2,29,32)(H,30,31)/t25-/m0/s1. The van der Waals surface area contributed by atoms with Gasteiger partial charge in [-0.15, -0.1) is 12.3 Å². The van der Waals surface area contributed by atoms with Gasteiger partial charge in [0.2, 0.25) is 11.8 Å². The predicted octanol–water partition coefficient (Wildman–Crippen LogP) is 4.18. The molecule has 0 radical (unpaired) electrons. The molecule has 3 N–H and O–H groups in total. The molecular weight excluding hydrogens is 396 g/mol. The van der Waals surface area contributed by atoms with Crippen LogP contribution in [-0.2, 0) is 15.0 Å². The molecule has 0 spiro atoms. The van der Waals surface area contributed by atoms with E-state index in [1.165, 1.54) is 0 Å². The molecule has 4 heteroatoms. The number of hydrogen-bond donors (Lipinski definition) is 2. The van der Waals surface area contributed by atoms with Crippen molar-refractivity contribution >= 4 is 11.8 Å². The normalized spacial score (nSPS) is 11.8. The number of rotatable bonds is 10. The van der Waals surface area contributed by atoms with E-state index >= 15 is 0 Å². The lowest BCUT2D eigenvalue weighted by Crippen LogP contribution is -2.46. The summed E-state index contributed by atoms with van der Waals surface area (Å²) in [5.41, 5.74) is 7.82. The van der Waals surface area contributed by atoms with Gasteiger partial charge < -0.3 is 11.1 Å². The van der Waals surface area contributed by atoms with Crippen molar-refractivity contribution in [3.05, 3.63) is 108 Å². The van der Waals surface area contributed by atoms with E-state index in [9.17, 15) is 9.59 Å². The third-order valence-corrected chi connectivity index (χ3v) is 5.72. The summed E-state index contributed by atoms with van der Waals surface area (Å²) in [6.07, 6.45) is 7.01. The SMILES string of the molecule is C#CCCC[C@H](NC(=O)CC(c1ccccc1)(c1ccccc1)c1ccccc1)C(N)=O. The lowest BCUT2D eigenvalue weighted by molar-refractivity contribution is -0.128. The van der Waals surface area contributed by atoms with Crippen LogP contribution in [0.1, 0.15) is 42.4 Å². The molecule has 4 nitrogen and oxygen atoms in total. The molecule has 2 amide bonds. The summed E-state index contributed by atoms with van der Waals surface area (Å²) in [4.78, 5) is 25.3. The Balaban J connectivity index is 2.04. The second-order valence-corrected chi connectivity index (χ2v) is 7.80. The van der Waals surface area contributed by atoms with Crippen molar-refractivity contribution in [2.24, 2.45) is 5.73 Å². The van der Waals surface area contributed by atoms with Gasteiger partial charge in [-0.2, -0.15) is 0 Å². The van der Waals surface area contributed by atoms with Gasteiger partial charge in [-0.3, -0.25) is 9.59 Å². The maximum absolute atomic E-state index is 13.4. The van der Waals surface area contributed by atoms with Gasteiger partial charge in [0, 0.05) is 12.8 Å². The number of unbranched alkanes of at least 4 members (excludes halogenated alkanes) is 1. The highest BCUT2D eigenvalue weighted by molar-refractivity contribution is 5.87. The zero-order valence-electron chi connectivity index (χ0n) is 18.0. The minimum Gasteiger partial charge on any atom is -0.368 e. The number of nitrogens with one attached hydrogen (secondary N) is 1. The van der Waals surface area contributed by atoms with E-state index in [2.05, 4.69) is 11.2 Å². The first kappa shape index (κ1) is 22.8. The van der Waals surface area contributed by atoms with E-state index in [1.54, 1.807) is 0 Å². The minimum atomic E-state index is -0.754. The highest BCUT2D eigenvalue weighted by atomic mass is 16.2. The molecule has 3 aromatic carbocycles. The molecular formula is C28H28N2O2. The summed E-state index contributed by atoms with van der Waals surface area (Å²) >= 11 is 0. The lowest BCUT2D eigenvalue weighted by Gasteiger charge is -2.36. The Morgan fingerprint density at radius 1 is 0.844 bits per heavy atom. The average Bonchev–Trinajstić information content (AvgIpc) is 2.83. The lowest BCUT2D eigenvalue weighted by atomic mass is 9.67. The van der Waals surface area contributed by atoms with Gasteiger partial charge in [0.25, 0.3) is 0 Å². The van der Waals surface area contributed by atoms with Crippen LogP contribution >= 0.6 is 0 Å². The Bertz CT molecular complexity index is 960. The van der Waals surface area contributed by atoms with Crippen LogP contribution in [0, 0.1) is 12.3 Å². The van der Waals surface area contributed by atoms with Crippen molar-refractivity contribution in [2.45, 2.75) is 37.1 Å². The van der Waals surface area contributed by atoms with Gasteiger partial charge in [0.1, 0.15) is 6.04 Å². The molecule has 0 heterocycles. The van der Waals surface area contributed by atoms with Crippen LogP contribution in [0.15, 0.2) is 91.0 Å². The smallest absolute Gasteiger partial charge is 0.240 e. The van der Waals surface area contributed by atoms with E-state index in [0.717, 1.165) is 16.7 Å². The van der Waals surface area contributed by atoms with Crippen molar-refractivity contribution in [3.8, 4) is 12.3 Å². The van der Waals surface area contributed by atoms with Crippen LogP contribution in [0.25, 0.3) is 0 Å². The highest BCUT2D eigenvalue weighted by Gasteiger charge is 2.39. The van der Waals surface area contributed by atoms with Crippen LogP contribution in [-0.4, -0.2) is 17.9 Å². The van der Waals surface area contributed by atoms with Gasteiger partial charge in [-0.1, -0.05) is 91.0 Å². The van der Waals surface area contributed by atoms with E-state index < -0.39 is 17.4 Å². The maximum Gasteiger partial charge on any atom is 0.240 e. The number of hydrogen-bond acceptors (Lipinski definition) is 2. The maximum atomic E-state index is 13.4. The Hall–Kier alpha value is -3.84. The fraction of sp³-hybridized carbons (Fsp3) is 0.214. The Morgan fingerprint density at radius 3 is 1.66 bits per heavy atom. The molecule has 32 heavy (non-hydrogen) atoms. The molecule has 3 rings (SSSR count). The van der Waals surface area contributed by atoms with E-state index in [0.29, 0.717) is 19.3 Å². The van der Waals surface area contributed by atoms with Crippen LogP contribution in [0.4, 0.5) is 0 Å². The van der Waals surface area contributed by atoms with Gasteiger partial charge in [-0.05, 0) is 29.5 Å². The van der Waals surface area contributed by atoms with Crippen molar-refractivity contribution in [1.82, 2.24) is 5.32 Å². The third kappa shape index (κ3) is 5.25. The fourth-order valence-corrected chi connectivity index (χ4v) is 4.15. The van der Waals surface area contributed by atoms with Crippen LogP contribution in [0.5, 0.6) is 0 Å². The monoisotopic (exact) mass is 424 g/mol. The second kappa shape index (κ2) is 11.0. The first-order valence-corrected chi connectivity index (χ1v) is 10.8. The van der Waals surface area contributed by atoms with Crippen molar-refractivity contribution in [3.63, 3.8) is 0 Å². The van der Waals surface area contributed by atoms with Crippen molar-refractivity contribution in [2.75, 3.05) is 0 Å². The zero-order valence-corrected chi connectivity index (χ0v) is 18.0. The Labute approximate surface area is 189 Å². The molecule has 3 aromatic rings. The average molecular weight is 425 g/mol. The third-order valence-electron chi connectivity index (χ3n) is 5.72. The second-order valence-electron chi connectivity index (χ2n) is 7.80. The van der Waals surface area contributed by atoms with Gasteiger partial charge in [-0.25, -0.2) is 0 Å². The largest absolute Gasteiger partial charge is 0.368 e. The molecule has 0 aliphatic carbocycles. The fourth-order valence-electron chi connectivity index (χ4n) is 4.15. The molecule has 0 fully saturated rings. The highest BCUT2D eigenvalue weighted by Crippen LogP contribution is 2.42. The Kier molecular flexibility index (Phi) is 7.83. The number of benzene rings is 3. The van der Waals surface area contributed by atoms with Gasteiger partial charge in [0.15, 0.2) is 0 Å². The molecule has 0 saturated carbocycles. The summed E-state index contributed by atoms with van der Waals surface area (Å²) in [7, 11) is 0. The summed E-state index contributed by atoms with van der Waals surface area (Å²) in [6.45, 7) is 0. The summed E-state index contributed by atoms with van der Waals surface area (Å²) in [5, 5.41) is 2.86. The summed E-state index contributed by atoms with van der Waals surface area (Å²) in [6, 6.07) is 29.2. The molecule has 0 aliphatic heterocycles. The number of amides is 2. The van der Waals surface area contributed by atoms with E-state index in [-0.39, 0.29) is 12.3 Å². The number of carbonyl (C=O) groups is 2. The molecule has 0 saturated heterocycles. The van der Waals surface area contributed by atoms with Crippen molar-refractivity contribution in [1.29, 1.82) is 0 Å². The zero-order chi connectivity index (χ0) is 22.8. The molecule has 0 aromatic heterocycles. The molecule has 0 aliphatic rings. The molecule has 0 unspecified atom stereocenters. The van der Waals surface area contributed by atoms with Crippen molar-refractivity contribution < 1.29 is 9.59 Å². The Morgan fingerprint density at radius 2 is 1.28 bits per heavy atom. The van der Waals surface area contributed by atoms with Gasteiger partial charge >= 0.3 is 0 Å². The number of carbonyl (C=O) groups excluding carboxylic acids is 2. The van der Waals surface area contributed by atoms with Crippen LogP contribution in [0.2, 0.25) is 0 Å². The molecule has 0 bridgehead atoms. The topological polar surface area (TPSA) is 72.2 Å².